The van der Waals surface area contributed by atoms with Crippen molar-refractivity contribution in [2.45, 2.75) is 32.4 Å². The minimum atomic E-state index is -1.04. The predicted molar refractivity (Wildman–Crippen MR) is 66.4 cm³/mol. The Kier molecular flexibility index (Phi) is 5.17. The molecule has 5 nitrogen and oxygen atoms in total. The van der Waals surface area contributed by atoms with Crippen molar-refractivity contribution in [3.63, 3.8) is 0 Å². The number of rotatable bonds is 6. The normalized spacial score (nSPS) is 13.4. The zero-order chi connectivity index (χ0) is 13.5. The van der Waals surface area contributed by atoms with Crippen molar-refractivity contribution in [3.05, 3.63) is 30.3 Å². The number of benzene rings is 1. The van der Waals surface area contributed by atoms with Crippen LogP contribution in [0.25, 0.3) is 0 Å². The van der Waals surface area contributed by atoms with Crippen molar-refractivity contribution in [2.24, 2.45) is 0 Å². The van der Waals surface area contributed by atoms with E-state index in [1.807, 2.05) is 6.07 Å². The Hall–Kier alpha value is -2.04. The van der Waals surface area contributed by atoms with E-state index in [1.54, 1.807) is 38.1 Å². The monoisotopic (exact) mass is 251 g/mol. The summed E-state index contributed by atoms with van der Waals surface area (Å²) in [5.74, 6) is -0.908. The topological polar surface area (TPSA) is 75.6 Å². The summed E-state index contributed by atoms with van der Waals surface area (Å²) in [6.45, 7) is 3.28. The second-order valence-corrected chi connectivity index (χ2v) is 3.88. The summed E-state index contributed by atoms with van der Waals surface area (Å²) < 4.78 is 5.40. The molecule has 0 saturated carbocycles. The second kappa shape index (κ2) is 6.64. The van der Waals surface area contributed by atoms with Crippen LogP contribution in [-0.2, 0) is 9.59 Å². The quantitative estimate of drug-likeness (QED) is 0.802. The molecule has 0 heterocycles. The molecule has 2 atom stereocenters. The van der Waals surface area contributed by atoms with Gasteiger partial charge in [0.15, 0.2) is 6.10 Å². The molecule has 0 bridgehead atoms. The Bertz CT molecular complexity index is 405. The largest absolute Gasteiger partial charge is 0.481 e. The maximum absolute atomic E-state index is 11.7. The number of ether oxygens (including phenoxy) is 1. The van der Waals surface area contributed by atoms with Crippen molar-refractivity contribution in [1.29, 1.82) is 0 Å². The van der Waals surface area contributed by atoms with Gasteiger partial charge in [-0.15, -0.1) is 0 Å². The highest BCUT2D eigenvalue weighted by atomic mass is 16.5. The van der Waals surface area contributed by atoms with Gasteiger partial charge in [0.05, 0.1) is 0 Å². The third-order valence-electron chi connectivity index (χ3n) is 2.45. The van der Waals surface area contributed by atoms with E-state index in [4.69, 9.17) is 9.84 Å². The van der Waals surface area contributed by atoms with Gasteiger partial charge in [0.2, 0.25) is 0 Å². The highest BCUT2D eigenvalue weighted by Gasteiger charge is 2.22. The summed E-state index contributed by atoms with van der Waals surface area (Å²) in [4.78, 5) is 22.5. The molecule has 1 rings (SSSR count). The van der Waals surface area contributed by atoms with Crippen molar-refractivity contribution in [2.75, 3.05) is 0 Å². The van der Waals surface area contributed by atoms with E-state index in [-0.39, 0.29) is 0 Å². The molecular formula is C13H17NO4. The van der Waals surface area contributed by atoms with E-state index in [0.717, 1.165) is 0 Å². The summed E-state index contributed by atoms with van der Waals surface area (Å²) in [7, 11) is 0. The molecule has 1 unspecified atom stereocenters. The van der Waals surface area contributed by atoms with E-state index in [2.05, 4.69) is 5.32 Å². The number of carbonyl (C=O) groups excluding carboxylic acids is 1. The molecule has 18 heavy (non-hydrogen) atoms. The van der Waals surface area contributed by atoms with Gasteiger partial charge in [0.1, 0.15) is 11.8 Å². The van der Waals surface area contributed by atoms with E-state index >= 15 is 0 Å². The molecule has 1 aromatic carbocycles. The fourth-order valence-corrected chi connectivity index (χ4v) is 1.38. The van der Waals surface area contributed by atoms with E-state index in [9.17, 15) is 9.59 Å². The lowest BCUT2D eigenvalue weighted by molar-refractivity contribution is -0.143. The lowest BCUT2D eigenvalue weighted by atomic mass is 10.2. The number of aliphatic carboxylic acids is 1. The van der Waals surface area contributed by atoms with Crippen LogP contribution in [0.15, 0.2) is 30.3 Å². The minimum absolute atomic E-state index is 0.332. The van der Waals surface area contributed by atoms with E-state index in [0.29, 0.717) is 12.2 Å². The van der Waals surface area contributed by atoms with Gasteiger partial charge < -0.3 is 15.2 Å². The summed E-state index contributed by atoms with van der Waals surface area (Å²) in [6, 6.07) is 8.03. The molecule has 1 amide bonds. The molecular weight excluding hydrogens is 234 g/mol. The van der Waals surface area contributed by atoms with Crippen LogP contribution in [0.2, 0.25) is 0 Å². The second-order valence-electron chi connectivity index (χ2n) is 3.88. The third kappa shape index (κ3) is 4.08. The molecule has 0 saturated heterocycles. The molecule has 98 valence electrons. The third-order valence-corrected chi connectivity index (χ3v) is 2.45. The molecule has 0 spiro atoms. The average molecular weight is 251 g/mol. The number of nitrogens with one attached hydrogen (secondary N) is 1. The number of para-hydroxylation sites is 1. The van der Waals surface area contributed by atoms with Gasteiger partial charge in [-0.2, -0.15) is 0 Å². The number of carbonyl (C=O) groups is 2. The number of carboxylic acids is 1. The van der Waals surface area contributed by atoms with Gasteiger partial charge in [0, 0.05) is 0 Å². The number of amides is 1. The van der Waals surface area contributed by atoms with Gasteiger partial charge in [-0.05, 0) is 25.5 Å². The van der Waals surface area contributed by atoms with Gasteiger partial charge in [-0.3, -0.25) is 4.79 Å². The maximum Gasteiger partial charge on any atom is 0.326 e. The van der Waals surface area contributed by atoms with Crippen LogP contribution in [0.3, 0.4) is 0 Å². The molecule has 1 aromatic rings. The Balaban J connectivity index is 2.54. The fraction of sp³-hybridized carbons (Fsp3) is 0.385. The molecule has 0 aliphatic heterocycles. The van der Waals surface area contributed by atoms with Gasteiger partial charge in [-0.25, -0.2) is 4.79 Å². The Morgan fingerprint density at radius 1 is 1.33 bits per heavy atom. The maximum atomic E-state index is 11.7. The Morgan fingerprint density at radius 3 is 2.44 bits per heavy atom. The van der Waals surface area contributed by atoms with Crippen LogP contribution < -0.4 is 10.1 Å². The van der Waals surface area contributed by atoms with Crippen LogP contribution >= 0.6 is 0 Å². The fourth-order valence-electron chi connectivity index (χ4n) is 1.38. The van der Waals surface area contributed by atoms with E-state index in [1.165, 1.54) is 0 Å². The zero-order valence-electron chi connectivity index (χ0n) is 10.4. The summed E-state index contributed by atoms with van der Waals surface area (Å²) in [6.07, 6.45) is -0.403. The molecule has 0 fully saturated rings. The minimum Gasteiger partial charge on any atom is -0.481 e. The average Bonchev–Trinajstić information content (AvgIpc) is 2.36. The lowest BCUT2D eigenvalue weighted by Gasteiger charge is -2.17. The number of carboxylic acid groups (broad SMARTS) is 1. The first-order valence-corrected chi connectivity index (χ1v) is 5.79. The smallest absolute Gasteiger partial charge is 0.326 e. The van der Waals surface area contributed by atoms with Crippen LogP contribution in [0.4, 0.5) is 0 Å². The first-order valence-electron chi connectivity index (χ1n) is 5.79. The van der Waals surface area contributed by atoms with Gasteiger partial charge >= 0.3 is 5.97 Å². The lowest BCUT2D eigenvalue weighted by Crippen LogP contribution is -2.45. The molecule has 2 N–H and O–H groups in total. The number of hydrogen-bond acceptors (Lipinski definition) is 3. The summed E-state index contributed by atoms with van der Waals surface area (Å²) in [5, 5.41) is 11.3. The highest BCUT2D eigenvalue weighted by Crippen LogP contribution is 2.10. The van der Waals surface area contributed by atoms with Crippen LogP contribution in [0, 0.1) is 0 Å². The molecule has 0 aliphatic rings. The first kappa shape index (κ1) is 14.0. The predicted octanol–water partition coefficient (Wildman–Crippen LogP) is 1.43. The van der Waals surface area contributed by atoms with Crippen LogP contribution in [-0.4, -0.2) is 29.1 Å². The van der Waals surface area contributed by atoms with Crippen LogP contribution in [0.1, 0.15) is 20.3 Å². The summed E-state index contributed by atoms with van der Waals surface area (Å²) >= 11 is 0. The van der Waals surface area contributed by atoms with E-state index < -0.39 is 24.0 Å². The summed E-state index contributed by atoms with van der Waals surface area (Å²) in [5.41, 5.74) is 0. The molecule has 5 heteroatoms. The SMILES string of the molecule is CC[C@H](NC(=O)C(C)Oc1ccccc1)C(=O)O. The first-order chi connectivity index (χ1) is 8.54. The standard InChI is InChI=1S/C13H17NO4/c1-3-11(13(16)17)14-12(15)9(2)18-10-7-5-4-6-8-10/h4-9,11H,3H2,1-2H3,(H,14,15)(H,16,17)/t9?,11-/m0/s1. The van der Waals surface area contributed by atoms with Crippen molar-refractivity contribution in [3.8, 4) is 5.75 Å². The van der Waals surface area contributed by atoms with Crippen LogP contribution in [0.5, 0.6) is 5.75 Å². The Morgan fingerprint density at radius 2 is 1.94 bits per heavy atom. The van der Waals surface area contributed by atoms with Gasteiger partial charge in [-0.1, -0.05) is 25.1 Å². The number of hydrogen-bond donors (Lipinski definition) is 2. The molecule has 0 aromatic heterocycles. The molecule has 0 radical (unpaired) electrons. The highest BCUT2D eigenvalue weighted by molar-refractivity contribution is 5.86. The van der Waals surface area contributed by atoms with Crippen molar-refractivity contribution < 1.29 is 19.4 Å². The molecule has 0 aliphatic carbocycles. The van der Waals surface area contributed by atoms with Gasteiger partial charge in [0.25, 0.3) is 5.91 Å². The zero-order valence-corrected chi connectivity index (χ0v) is 10.4. The van der Waals surface area contributed by atoms with Crippen molar-refractivity contribution >= 4 is 11.9 Å². The van der Waals surface area contributed by atoms with Crippen molar-refractivity contribution in [1.82, 2.24) is 5.32 Å². The Labute approximate surface area is 106 Å².